The third-order valence-corrected chi connectivity index (χ3v) is 4.59. The van der Waals surface area contributed by atoms with Crippen molar-refractivity contribution in [2.45, 2.75) is 52.6 Å². The number of carbonyl (C=O) groups excluding carboxylic acids is 2. The summed E-state index contributed by atoms with van der Waals surface area (Å²) in [5.41, 5.74) is 0. The largest absolute Gasteiger partial charge is 0.480 e. The van der Waals surface area contributed by atoms with Crippen molar-refractivity contribution in [3.05, 3.63) is 0 Å². The fraction of sp³-hybridized carbons (Fsp3) is 0.824. The van der Waals surface area contributed by atoms with Crippen LogP contribution < -0.4 is 10.6 Å². The van der Waals surface area contributed by atoms with Crippen LogP contribution >= 0.6 is 12.4 Å². The van der Waals surface area contributed by atoms with Gasteiger partial charge in [-0.15, -0.1) is 12.4 Å². The van der Waals surface area contributed by atoms with Gasteiger partial charge in [-0.2, -0.15) is 0 Å². The van der Waals surface area contributed by atoms with Gasteiger partial charge in [0, 0.05) is 25.7 Å². The summed E-state index contributed by atoms with van der Waals surface area (Å²) in [6.45, 7) is 10.4. The Morgan fingerprint density at radius 2 is 1.77 bits per heavy atom. The number of likely N-dealkylation sites (N-methyl/N-ethyl adjacent to an activating group) is 1. The number of amides is 3. The van der Waals surface area contributed by atoms with Crippen molar-refractivity contribution in [1.82, 2.24) is 20.4 Å². The minimum atomic E-state index is -0.815. The average Bonchev–Trinajstić information content (AvgIpc) is 2.57. The van der Waals surface area contributed by atoms with E-state index in [2.05, 4.69) is 10.6 Å². The van der Waals surface area contributed by atoms with Crippen LogP contribution in [0.15, 0.2) is 0 Å². The van der Waals surface area contributed by atoms with E-state index in [-0.39, 0.29) is 36.9 Å². The molecule has 26 heavy (non-hydrogen) atoms. The fourth-order valence-electron chi connectivity index (χ4n) is 3.03. The molecule has 9 heteroatoms. The summed E-state index contributed by atoms with van der Waals surface area (Å²) >= 11 is 0. The number of nitrogens with one attached hydrogen (secondary N) is 2. The molecule has 8 nitrogen and oxygen atoms in total. The number of hydrogen-bond donors (Lipinski definition) is 3. The molecule has 1 aliphatic rings. The van der Waals surface area contributed by atoms with Gasteiger partial charge in [0.15, 0.2) is 0 Å². The van der Waals surface area contributed by atoms with Crippen LogP contribution in [-0.2, 0) is 9.59 Å². The van der Waals surface area contributed by atoms with Crippen LogP contribution in [0, 0.1) is 5.92 Å². The van der Waals surface area contributed by atoms with E-state index in [1.165, 1.54) is 0 Å². The molecular formula is C17H33ClN4O4. The summed E-state index contributed by atoms with van der Waals surface area (Å²) in [7, 11) is 0. The standard InChI is InChI=1S/C17H32N4O4.ClH/c1-5-20(11-15(22)23)14-6-8-21(9-7-14)13(4)16(24)19-17(25)18-10-12(2)3;/h12-14H,5-11H2,1-4H3,(H,22,23)(H2,18,19,24,25);1H. The van der Waals surface area contributed by atoms with Crippen LogP contribution in [0.25, 0.3) is 0 Å². The highest BCUT2D eigenvalue weighted by Gasteiger charge is 2.30. The first-order chi connectivity index (χ1) is 11.7. The first-order valence-corrected chi connectivity index (χ1v) is 9.03. The molecule has 152 valence electrons. The zero-order valence-electron chi connectivity index (χ0n) is 16.2. The molecule has 0 aromatic rings. The van der Waals surface area contributed by atoms with Crippen LogP contribution in [0.4, 0.5) is 4.79 Å². The number of rotatable bonds is 8. The molecule has 3 N–H and O–H groups in total. The maximum absolute atomic E-state index is 12.2. The minimum absolute atomic E-state index is 0. The Kier molecular flexibility index (Phi) is 11.4. The molecule has 0 aromatic heterocycles. The van der Waals surface area contributed by atoms with Crippen molar-refractivity contribution < 1.29 is 19.5 Å². The predicted octanol–water partition coefficient (Wildman–Crippen LogP) is 1.15. The lowest BCUT2D eigenvalue weighted by Crippen LogP contribution is -2.54. The molecular weight excluding hydrogens is 360 g/mol. The monoisotopic (exact) mass is 392 g/mol. The van der Waals surface area contributed by atoms with Gasteiger partial charge in [0.05, 0.1) is 12.6 Å². The summed E-state index contributed by atoms with van der Waals surface area (Å²) in [4.78, 5) is 38.8. The molecule has 1 unspecified atom stereocenters. The number of piperidine rings is 1. The molecule has 0 aliphatic carbocycles. The molecule has 1 rings (SSSR count). The number of hydrogen-bond acceptors (Lipinski definition) is 5. The van der Waals surface area contributed by atoms with Gasteiger partial charge in [0.25, 0.3) is 0 Å². The van der Waals surface area contributed by atoms with Crippen molar-refractivity contribution in [2.24, 2.45) is 5.92 Å². The fourth-order valence-corrected chi connectivity index (χ4v) is 3.03. The third-order valence-electron chi connectivity index (χ3n) is 4.59. The van der Waals surface area contributed by atoms with Gasteiger partial charge >= 0.3 is 12.0 Å². The number of carboxylic acids is 1. The molecule has 0 radical (unpaired) electrons. The molecule has 1 fully saturated rings. The first kappa shape index (κ1) is 24.6. The second-order valence-corrected chi connectivity index (χ2v) is 6.99. The number of carboxylic acid groups (broad SMARTS) is 1. The number of likely N-dealkylation sites (tertiary alicyclic amines) is 1. The maximum Gasteiger partial charge on any atom is 0.321 e. The van der Waals surface area contributed by atoms with Crippen LogP contribution in [-0.4, -0.2) is 77.6 Å². The van der Waals surface area contributed by atoms with E-state index < -0.39 is 12.0 Å². The number of carbonyl (C=O) groups is 3. The van der Waals surface area contributed by atoms with Crippen LogP contribution in [0.3, 0.4) is 0 Å². The third kappa shape index (κ3) is 8.33. The number of halogens is 1. The Hall–Kier alpha value is -1.38. The molecule has 3 amide bonds. The van der Waals surface area contributed by atoms with Gasteiger partial charge in [-0.3, -0.25) is 24.7 Å². The molecule has 0 saturated carbocycles. The molecule has 0 spiro atoms. The highest BCUT2D eigenvalue weighted by molar-refractivity contribution is 5.96. The Morgan fingerprint density at radius 3 is 2.23 bits per heavy atom. The Labute approximate surface area is 162 Å². The lowest BCUT2D eigenvalue weighted by molar-refractivity contribution is -0.139. The zero-order chi connectivity index (χ0) is 19.0. The van der Waals surface area contributed by atoms with Crippen molar-refractivity contribution in [3.63, 3.8) is 0 Å². The number of nitrogens with zero attached hydrogens (tertiary/aromatic N) is 2. The van der Waals surface area contributed by atoms with E-state index in [1.54, 1.807) is 6.92 Å². The summed E-state index contributed by atoms with van der Waals surface area (Å²) in [6, 6.07) is -0.624. The van der Waals surface area contributed by atoms with Gasteiger partial charge in [0.2, 0.25) is 5.91 Å². The molecule has 0 aromatic carbocycles. The number of aliphatic carboxylic acids is 1. The lowest BCUT2D eigenvalue weighted by atomic mass is 10.0. The van der Waals surface area contributed by atoms with Gasteiger partial charge in [-0.05, 0) is 32.2 Å². The Morgan fingerprint density at radius 1 is 1.19 bits per heavy atom. The van der Waals surface area contributed by atoms with E-state index in [4.69, 9.17) is 5.11 Å². The second-order valence-electron chi connectivity index (χ2n) is 6.99. The van der Waals surface area contributed by atoms with E-state index in [0.717, 1.165) is 12.8 Å². The van der Waals surface area contributed by atoms with Gasteiger partial charge in [-0.1, -0.05) is 20.8 Å². The Balaban J connectivity index is 0.00000625. The van der Waals surface area contributed by atoms with Crippen molar-refractivity contribution >= 4 is 30.3 Å². The summed E-state index contributed by atoms with van der Waals surface area (Å²) < 4.78 is 0. The number of urea groups is 1. The van der Waals surface area contributed by atoms with Gasteiger partial charge in [-0.25, -0.2) is 4.79 Å². The maximum atomic E-state index is 12.2. The second kappa shape index (κ2) is 12.1. The Bertz CT molecular complexity index is 468. The molecule has 1 heterocycles. The summed E-state index contributed by atoms with van der Waals surface area (Å²) in [5, 5.41) is 14.0. The highest BCUT2D eigenvalue weighted by atomic mass is 35.5. The van der Waals surface area contributed by atoms with Crippen LogP contribution in [0.5, 0.6) is 0 Å². The average molecular weight is 393 g/mol. The quantitative estimate of drug-likeness (QED) is 0.572. The summed E-state index contributed by atoms with van der Waals surface area (Å²) in [5.74, 6) is -0.799. The topological polar surface area (TPSA) is 102 Å². The molecule has 0 bridgehead atoms. The van der Waals surface area contributed by atoms with E-state index in [0.29, 0.717) is 32.1 Å². The molecule has 1 saturated heterocycles. The van der Waals surface area contributed by atoms with Crippen molar-refractivity contribution in [1.29, 1.82) is 0 Å². The van der Waals surface area contributed by atoms with E-state index in [1.807, 2.05) is 30.6 Å². The highest BCUT2D eigenvalue weighted by Crippen LogP contribution is 2.18. The lowest BCUT2D eigenvalue weighted by Gasteiger charge is -2.39. The van der Waals surface area contributed by atoms with Crippen LogP contribution in [0.2, 0.25) is 0 Å². The molecule has 1 aliphatic heterocycles. The molecule has 1 atom stereocenters. The normalized spacial score (nSPS) is 16.8. The van der Waals surface area contributed by atoms with Gasteiger partial charge < -0.3 is 10.4 Å². The smallest absolute Gasteiger partial charge is 0.321 e. The predicted molar refractivity (Wildman–Crippen MR) is 103 cm³/mol. The zero-order valence-corrected chi connectivity index (χ0v) is 17.0. The van der Waals surface area contributed by atoms with Crippen LogP contribution in [0.1, 0.15) is 40.5 Å². The van der Waals surface area contributed by atoms with Crippen molar-refractivity contribution in [3.8, 4) is 0 Å². The minimum Gasteiger partial charge on any atom is -0.480 e. The van der Waals surface area contributed by atoms with Crippen molar-refractivity contribution in [2.75, 3.05) is 32.7 Å². The number of imide groups is 1. The summed E-state index contributed by atoms with van der Waals surface area (Å²) in [6.07, 6.45) is 1.64. The van der Waals surface area contributed by atoms with E-state index in [9.17, 15) is 14.4 Å². The SMILES string of the molecule is CCN(CC(=O)O)C1CCN(C(C)C(=O)NC(=O)NCC(C)C)CC1.Cl. The first-order valence-electron chi connectivity index (χ1n) is 9.03. The van der Waals surface area contributed by atoms with Gasteiger partial charge in [0.1, 0.15) is 0 Å². The van der Waals surface area contributed by atoms with E-state index >= 15 is 0 Å².